The maximum atomic E-state index is 10.8. The Morgan fingerprint density at radius 1 is 0.893 bits per heavy atom. The van der Waals surface area contributed by atoms with Gasteiger partial charge in [0.05, 0.1) is 5.41 Å². The molecule has 0 bridgehead atoms. The minimum absolute atomic E-state index is 0.303. The molecule has 0 amide bonds. The third-order valence-electron chi connectivity index (χ3n) is 5.36. The van der Waals surface area contributed by atoms with Crippen molar-refractivity contribution in [2.24, 2.45) is 0 Å². The summed E-state index contributed by atoms with van der Waals surface area (Å²) in [5.41, 5.74) is 5.21. The van der Waals surface area contributed by atoms with Crippen LogP contribution in [0.5, 0.6) is 5.75 Å². The Labute approximate surface area is 174 Å². The van der Waals surface area contributed by atoms with Crippen LogP contribution in [0.4, 0.5) is 0 Å². The van der Waals surface area contributed by atoms with E-state index < -0.39 is 5.41 Å². The highest BCUT2D eigenvalue weighted by atomic mass is 79.9. The molecular weight excluding hydrogens is 408 g/mol. The van der Waals surface area contributed by atoms with E-state index in [2.05, 4.69) is 70.4 Å². The second kappa shape index (κ2) is 7.54. The van der Waals surface area contributed by atoms with Crippen LogP contribution in [0.2, 0.25) is 0 Å². The topological polar surface area (TPSA) is 20.2 Å². The fourth-order valence-electron chi connectivity index (χ4n) is 4.26. The van der Waals surface area contributed by atoms with Gasteiger partial charge in [0.15, 0.2) is 0 Å². The Morgan fingerprint density at radius 3 is 2.39 bits per heavy atom. The molecule has 0 saturated carbocycles. The molecule has 0 aliphatic heterocycles. The molecule has 4 rings (SSSR count). The number of phenolic OH excluding ortho intramolecular Hbond substituents is 1. The Balaban J connectivity index is 2.03. The molecule has 0 fully saturated rings. The van der Waals surface area contributed by atoms with Crippen molar-refractivity contribution in [3.05, 3.63) is 112 Å². The molecule has 3 aromatic rings. The maximum absolute atomic E-state index is 10.8. The molecule has 0 radical (unpaired) electrons. The number of hydrogen-bond donors (Lipinski definition) is 1. The first-order valence-electron chi connectivity index (χ1n) is 9.15. The summed E-state index contributed by atoms with van der Waals surface area (Å²) in [4.78, 5) is 0. The summed E-state index contributed by atoms with van der Waals surface area (Å²) in [5, 5.41) is 10.8. The van der Waals surface area contributed by atoms with Gasteiger partial charge in [-0.2, -0.15) is 0 Å². The Morgan fingerprint density at radius 2 is 1.61 bits per heavy atom. The van der Waals surface area contributed by atoms with Crippen molar-refractivity contribution < 1.29 is 5.11 Å². The van der Waals surface area contributed by atoms with Gasteiger partial charge in [0.2, 0.25) is 0 Å². The van der Waals surface area contributed by atoms with Gasteiger partial charge < -0.3 is 5.11 Å². The van der Waals surface area contributed by atoms with Gasteiger partial charge in [-0.25, -0.2) is 0 Å². The molecule has 1 aliphatic rings. The van der Waals surface area contributed by atoms with Crippen LogP contribution in [0.15, 0.2) is 95.5 Å². The molecule has 0 heterocycles. The van der Waals surface area contributed by atoms with Crippen LogP contribution in [0, 0.1) is 12.3 Å². The molecule has 1 unspecified atom stereocenters. The molecule has 28 heavy (non-hydrogen) atoms. The van der Waals surface area contributed by atoms with Crippen molar-refractivity contribution in [1.82, 2.24) is 0 Å². The minimum Gasteiger partial charge on any atom is -0.508 e. The Hall–Kier alpha value is -3.02. The number of phenols is 1. The van der Waals surface area contributed by atoms with E-state index in [9.17, 15) is 5.11 Å². The second-order valence-corrected chi connectivity index (χ2v) is 7.64. The Bertz CT molecular complexity index is 1130. The first-order chi connectivity index (χ1) is 13.7. The van der Waals surface area contributed by atoms with E-state index in [1.807, 2.05) is 30.4 Å². The fraction of sp³-hybridized carbons (Fsp3) is 0.0769. The van der Waals surface area contributed by atoms with Crippen LogP contribution in [-0.4, -0.2) is 5.11 Å². The summed E-state index contributed by atoms with van der Waals surface area (Å²) in [6, 6.07) is 22.4. The lowest BCUT2D eigenvalue weighted by atomic mass is 9.69. The SMILES string of the molecule is C#C/C=C\C=C/CC1(c2ccccc2O)c2ccccc2-c2c(Br)cccc21. The van der Waals surface area contributed by atoms with Crippen LogP contribution < -0.4 is 0 Å². The van der Waals surface area contributed by atoms with Gasteiger partial charge in [-0.05, 0) is 41.3 Å². The molecule has 1 nitrogen and oxygen atoms in total. The van der Waals surface area contributed by atoms with Crippen LogP contribution in [-0.2, 0) is 5.41 Å². The van der Waals surface area contributed by atoms with Gasteiger partial charge in [-0.1, -0.05) is 94.7 Å². The molecule has 3 aromatic carbocycles. The standard InChI is InChI=1S/C26H19BrO/c1-2-3-4-5-10-18-26(21-14-8-9-17-24(21)28)20-13-7-6-12-19(20)25-22(26)15-11-16-23(25)27/h1,3-17,28H,18H2/b4-3-,10-5-. The largest absolute Gasteiger partial charge is 0.508 e. The molecule has 0 saturated heterocycles. The zero-order chi connectivity index (χ0) is 19.6. The Kier molecular flexibility index (Phi) is 4.94. The zero-order valence-corrected chi connectivity index (χ0v) is 16.9. The van der Waals surface area contributed by atoms with Gasteiger partial charge in [0.25, 0.3) is 0 Å². The van der Waals surface area contributed by atoms with Crippen molar-refractivity contribution in [1.29, 1.82) is 0 Å². The van der Waals surface area contributed by atoms with Crippen LogP contribution in [0.1, 0.15) is 23.1 Å². The van der Waals surface area contributed by atoms with E-state index in [0.717, 1.165) is 10.0 Å². The van der Waals surface area contributed by atoms with E-state index in [-0.39, 0.29) is 0 Å². The third kappa shape index (κ3) is 2.80. The van der Waals surface area contributed by atoms with Crippen molar-refractivity contribution in [3.8, 4) is 29.2 Å². The first-order valence-corrected chi connectivity index (χ1v) is 9.94. The van der Waals surface area contributed by atoms with E-state index in [1.165, 1.54) is 22.3 Å². The number of hydrogen-bond acceptors (Lipinski definition) is 1. The molecule has 0 aromatic heterocycles. The van der Waals surface area contributed by atoms with E-state index in [1.54, 1.807) is 12.1 Å². The van der Waals surface area contributed by atoms with E-state index >= 15 is 0 Å². The minimum atomic E-state index is -0.471. The number of halogens is 1. The number of aromatic hydroxyl groups is 1. The van der Waals surface area contributed by atoms with Crippen molar-refractivity contribution >= 4 is 15.9 Å². The molecule has 136 valence electrons. The lowest BCUT2D eigenvalue weighted by Crippen LogP contribution is -2.26. The van der Waals surface area contributed by atoms with Crippen molar-refractivity contribution in [2.45, 2.75) is 11.8 Å². The van der Waals surface area contributed by atoms with Crippen molar-refractivity contribution in [2.75, 3.05) is 0 Å². The summed E-state index contributed by atoms with van der Waals surface area (Å²) in [6.45, 7) is 0. The monoisotopic (exact) mass is 426 g/mol. The zero-order valence-electron chi connectivity index (χ0n) is 15.3. The van der Waals surface area contributed by atoms with Gasteiger partial charge >= 0.3 is 0 Å². The number of terminal acetylenes is 1. The fourth-order valence-corrected chi connectivity index (χ4v) is 4.84. The van der Waals surface area contributed by atoms with Crippen LogP contribution in [0.25, 0.3) is 11.1 Å². The highest BCUT2D eigenvalue weighted by Crippen LogP contribution is 2.57. The molecule has 1 atom stereocenters. The summed E-state index contributed by atoms with van der Waals surface area (Å²) in [6.07, 6.45) is 13.6. The smallest absolute Gasteiger partial charge is 0.120 e. The highest BCUT2D eigenvalue weighted by molar-refractivity contribution is 9.10. The number of benzene rings is 3. The normalized spacial score (nSPS) is 17.6. The predicted molar refractivity (Wildman–Crippen MR) is 119 cm³/mol. The van der Waals surface area contributed by atoms with Crippen LogP contribution >= 0.6 is 15.9 Å². The maximum Gasteiger partial charge on any atom is 0.120 e. The predicted octanol–water partition coefficient (Wildman–Crippen LogP) is 6.61. The quantitative estimate of drug-likeness (QED) is 0.367. The molecule has 1 aliphatic carbocycles. The summed E-state index contributed by atoms with van der Waals surface area (Å²) in [5.74, 6) is 2.81. The number of allylic oxidation sites excluding steroid dienone is 4. The molecule has 1 N–H and O–H groups in total. The first kappa shape index (κ1) is 18.3. The van der Waals surface area contributed by atoms with Gasteiger partial charge in [0, 0.05) is 15.6 Å². The average molecular weight is 427 g/mol. The lowest BCUT2D eigenvalue weighted by molar-refractivity contribution is 0.454. The molecule has 0 spiro atoms. The van der Waals surface area contributed by atoms with E-state index in [4.69, 9.17) is 6.42 Å². The van der Waals surface area contributed by atoms with Gasteiger partial charge in [0.1, 0.15) is 5.75 Å². The number of para-hydroxylation sites is 1. The summed E-state index contributed by atoms with van der Waals surface area (Å²) < 4.78 is 1.06. The summed E-state index contributed by atoms with van der Waals surface area (Å²) in [7, 11) is 0. The van der Waals surface area contributed by atoms with Crippen LogP contribution in [0.3, 0.4) is 0 Å². The van der Waals surface area contributed by atoms with Gasteiger partial charge in [-0.3, -0.25) is 0 Å². The van der Waals surface area contributed by atoms with Gasteiger partial charge in [-0.15, -0.1) is 6.42 Å². The highest BCUT2D eigenvalue weighted by Gasteiger charge is 2.45. The van der Waals surface area contributed by atoms with E-state index in [0.29, 0.717) is 12.2 Å². The molecule has 2 heteroatoms. The molecular formula is C26H19BrO. The average Bonchev–Trinajstić information content (AvgIpc) is 3.00. The lowest BCUT2D eigenvalue weighted by Gasteiger charge is -2.32. The van der Waals surface area contributed by atoms with Crippen molar-refractivity contribution in [3.63, 3.8) is 0 Å². The third-order valence-corrected chi connectivity index (χ3v) is 6.02. The second-order valence-electron chi connectivity index (χ2n) is 6.79. The number of fused-ring (bicyclic) bond motifs is 3. The number of rotatable bonds is 4. The summed E-state index contributed by atoms with van der Waals surface area (Å²) >= 11 is 3.75.